The lowest BCUT2D eigenvalue weighted by Gasteiger charge is -2.05. The molecule has 0 saturated carbocycles. The van der Waals surface area contributed by atoms with Crippen molar-refractivity contribution in [2.75, 3.05) is 0 Å². The monoisotopic (exact) mass is 184 g/mol. The molecule has 1 atom stereocenters. The van der Waals surface area contributed by atoms with E-state index in [1.54, 1.807) is 0 Å². The van der Waals surface area contributed by atoms with Gasteiger partial charge in [-0.15, -0.1) is 0 Å². The van der Waals surface area contributed by atoms with Gasteiger partial charge in [0.1, 0.15) is 5.75 Å². The molecule has 0 amide bonds. The highest BCUT2D eigenvalue weighted by molar-refractivity contribution is 6.20. The zero-order valence-corrected chi connectivity index (χ0v) is 7.21. The summed E-state index contributed by atoms with van der Waals surface area (Å²) in [6.45, 7) is 0.00673. The van der Waals surface area contributed by atoms with E-state index in [1.807, 2.05) is 18.2 Å². The molecule has 0 spiro atoms. The summed E-state index contributed by atoms with van der Waals surface area (Å²) in [6.07, 6.45) is 0.727. The lowest BCUT2D eigenvalue weighted by molar-refractivity contribution is 0.264. The summed E-state index contributed by atoms with van der Waals surface area (Å²) < 4.78 is 5.33. The zero-order chi connectivity index (χ0) is 8.55. The van der Waals surface area contributed by atoms with E-state index in [0.717, 1.165) is 23.3 Å². The fraction of sp³-hybridized carbons (Fsp3) is 0.333. The number of para-hydroxylation sites is 1. The number of ether oxygens (including phenoxy) is 1. The predicted octanol–water partition coefficient (Wildman–Crippen LogP) is 1.68. The average Bonchev–Trinajstić information content (AvgIpc) is 2.44. The number of halogens is 1. The Hall–Kier alpha value is -0.730. The van der Waals surface area contributed by atoms with Crippen LogP contribution in [0.5, 0.6) is 5.75 Å². The number of benzene rings is 1. The second-order valence-corrected chi connectivity index (χ2v) is 3.28. The summed E-state index contributed by atoms with van der Waals surface area (Å²) in [5.41, 5.74) is 1.63. The topological polar surface area (TPSA) is 29.5 Å². The van der Waals surface area contributed by atoms with E-state index >= 15 is 0 Å². The first-order chi connectivity index (χ1) is 5.81. The van der Waals surface area contributed by atoms with Crippen LogP contribution in [0.3, 0.4) is 0 Å². The molecule has 12 heavy (non-hydrogen) atoms. The summed E-state index contributed by atoms with van der Waals surface area (Å²) in [4.78, 5) is 0. The van der Waals surface area contributed by atoms with Crippen molar-refractivity contribution >= 4 is 11.6 Å². The third kappa shape index (κ3) is 1.17. The number of alkyl halides is 1. The molecule has 1 aliphatic rings. The average molecular weight is 185 g/mol. The quantitative estimate of drug-likeness (QED) is 0.673. The van der Waals surface area contributed by atoms with Crippen LogP contribution in [0.25, 0.3) is 0 Å². The van der Waals surface area contributed by atoms with Gasteiger partial charge in [0.05, 0.1) is 6.61 Å². The molecule has 1 heterocycles. The van der Waals surface area contributed by atoms with E-state index in [1.165, 1.54) is 0 Å². The lowest BCUT2D eigenvalue weighted by Crippen LogP contribution is -2.02. The fourth-order valence-electron chi connectivity index (χ4n) is 1.42. The predicted molar refractivity (Wildman–Crippen MR) is 46.3 cm³/mol. The maximum atomic E-state index is 8.96. The van der Waals surface area contributed by atoms with Gasteiger partial charge in [-0.1, -0.05) is 29.8 Å². The third-order valence-electron chi connectivity index (χ3n) is 1.97. The highest BCUT2D eigenvalue weighted by Gasteiger charge is 2.22. The molecule has 2 nitrogen and oxygen atoms in total. The van der Waals surface area contributed by atoms with Crippen LogP contribution in [-0.4, -0.2) is 10.7 Å². The van der Waals surface area contributed by atoms with Crippen molar-refractivity contribution in [3.8, 4) is 5.75 Å². The molecular weight excluding hydrogens is 176 g/mol. The molecule has 0 bridgehead atoms. The Morgan fingerprint density at radius 1 is 1.58 bits per heavy atom. The second-order valence-electron chi connectivity index (χ2n) is 2.80. The molecule has 0 aliphatic carbocycles. The Bertz CT molecular complexity index is 299. The van der Waals surface area contributed by atoms with Gasteiger partial charge >= 0.3 is 0 Å². The Labute approximate surface area is 75.7 Å². The molecular formula is C9H9ClO2. The minimum absolute atomic E-state index is 0.00673. The largest absolute Gasteiger partial charge is 0.474 e. The van der Waals surface area contributed by atoms with Gasteiger partial charge < -0.3 is 9.84 Å². The summed E-state index contributed by atoms with van der Waals surface area (Å²) in [5, 5.41) is 8.96. The third-order valence-corrected chi connectivity index (χ3v) is 2.22. The first-order valence-corrected chi connectivity index (χ1v) is 4.27. The highest BCUT2D eigenvalue weighted by Crippen LogP contribution is 2.33. The minimum Gasteiger partial charge on any atom is -0.474 e. The van der Waals surface area contributed by atoms with E-state index < -0.39 is 0 Å². The zero-order valence-electron chi connectivity index (χ0n) is 6.46. The highest BCUT2D eigenvalue weighted by atomic mass is 35.5. The molecule has 1 aromatic carbocycles. The van der Waals surface area contributed by atoms with Crippen LogP contribution in [0.4, 0.5) is 0 Å². The molecule has 1 N–H and O–H groups in total. The van der Waals surface area contributed by atoms with Gasteiger partial charge in [-0.2, -0.15) is 0 Å². The molecule has 0 radical (unpaired) electrons. The van der Waals surface area contributed by atoms with E-state index in [0.29, 0.717) is 0 Å². The molecule has 64 valence electrons. The van der Waals surface area contributed by atoms with Crippen LogP contribution in [0.1, 0.15) is 11.1 Å². The van der Waals surface area contributed by atoms with Gasteiger partial charge in [0.15, 0.2) is 5.56 Å². The van der Waals surface area contributed by atoms with E-state index in [-0.39, 0.29) is 12.2 Å². The normalized spacial score (nSPS) is 20.3. The standard InChI is InChI=1S/C9H9ClO2/c10-8-4-6-2-1-3-7(5-11)9(6)12-8/h1-3,8,11H,4-5H2. The first-order valence-electron chi connectivity index (χ1n) is 3.83. The maximum absolute atomic E-state index is 8.96. The molecule has 3 heteroatoms. The lowest BCUT2D eigenvalue weighted by atomic mass is 10.1. The van der Waals surface area contributed by atoms with Gasteiger partial charge in [0.2, 0.25) is 0 Å². The van der Waals surface area contributed by atoms with Crippen molar-refractivity contribution in [1.29, 1.82) is 0 Å². The number of aliphatic hydroxyl groups is 1. The smallest absolute Gasteiger partial charge is 0.176 e. The van der Waals surface area contributed by atoms with Crippen LogP contribution >= 0.6 is 11.6 Å². The van der Waals surface area contributed by atoms with Gasteiger partial charge in [-0.25, -0.2) is 0 Å². The molecule has 2 rings (SSSR count). The Morgan fingerprint density at radius 3 is 3.17 bits per heavy atom. The van der Waals surface area contributed by atoms with Crippen molar-refractivity contribution in [1.82, 2.24) is 0 Å². The summed E-state index contributed by atoms with van der Waals surface area (Å²) in [7, 11) is 0. The van der Waals surface area contributed by atoms with E-state index in [2.05, 4.69) is 0 Å². The van der Waals surface area contributed by atoms with Crippen molar-refractivity contribution in [3.05, 3.63) is 29.3 Å². The second kappa shape index (κ2) is 2.96. The van der Waals surface area contributed by atoms with Gasteiger partial charge in [0.25, 0.3) is 0 Å². The molecule has 1 aromatic rings. The molecule has 1 aliphatic heterocycles. The molecule has 1 unspecified atom stereocenters. The SMILES string of the molecule is OCc1cccc2c1OC(Cl)C2. The molecule has 0 saturated heterocycles. The van der Waals surface area contributed by atoms with Crippen molar-refractivity contribution in [2.45, 2.75) is 18.6 Å². The Balaban J connectivity index is 2.44. The summed E-state index contributed by atoms with van der Waals surface area (Å²) >= 11 is 5.80. The fourth-order valence-corrected chi connectivity index (χ4v) is 1.67. The number of rotatable bonds is 1. The molecule has 0 fully saturated rings. The van der Waals surface area contributed by atoms with E-state index in [9.17, 15) is 0 Å². The summed E-state index contributed by atoms with van der Waals surface area (Å²) in [6, 6.07) is 5.72. The number of fused-ring (bicyclic) bond motifs is 1. The van der Waals surface area contributed by atoms with E-state index in [4.69, 9.17) is 21.4 Å². The number of aliphatic hydroxyl groups excluding tert-OH is 1. The Kier molecular flexibility index (Phi) is 1.95. The van der Waals surface area contributed by atoms with Crippen molar-refractivity contribution in [2.24, 2.45) is 0 Å². The molecule has 0 aromatic heterocycles. The van der Waals surface area contributed by atoms with Crippen LogP contribution in [0, 0.1) is 0 Å². The van der Waals surface area contributed by atoms with Crippen LogP contribution in [-0.2, 0) is 13.0 Å². The summed E-state index contributed by atoms with van der Waals surface area (Å²) in [5.74, 6) is 0.764. The number of hydrogen-bond acceptors (Lipinski definition) is 2. The van der Waals surface area contributed by atoms with Crippen LogP contribution in [0.2, 0.25) is 0 Å². The number of hydrogen-bond donors (Lipinski definition) is 1. The minimum atomic E-state index is -0.271. The van der Waals surface area contributed by atoms with Gasteiger partial charge in [0, 0.05) is 12.0 Å². The van der Waals surface area contributed by atoms with Crippen molar-refractivity contribution in [3.63, 3.8) is 0 Å². The van der Waals surface area contributed by atoms with Gasteiger partial charge in [-0.3, -0.25) is 0 Å². The first kappa shape index (κ1) is 7.90. The van der Waals surface area contributed by atoms with Crippen LogP contribution in [0.15, 0.2) is 18.2 Å². The maximum Gasteiger partial charge on any atom is 0.176 e. The Morgan fingerprint density at radius 2 is 2.42 bits per heavy atom. The van der Waals surface area contributed by atoms with Crippen LogP contribution < -0.4 is 4.74 Å². The van der Waals surface area contributed by atoms with Crippen molar-refractivity contribution < 1.29 is 9.84 Å². The van der Waals surface area contributed by atoms with Gasteiger partial charge in [-0.05, 0) is 5.56 Å².